The van der Waals surface area contributed by atoms with Gasteiger partial charge >= 0.3 is 0 Å². The van der Waals surface area contributed by atoms with Gasteiger partial charge in [0.25, 0.3) is 5.91 Å². The molecule has 0 bridgehead atoms. The van der Waals surface area contributed by atoms with Crippen molar-refractivity contribution < 1.29 is 14.3 Å². The summed E-state index contributed by atoms with van der Waals surface area (Å²) in [6.45, 7) is 10.5. The predicted molar refractivity (Wildman–Crippen MR) is 94.3 cm³/mol. The minimum atomic E-state index is -0.0114. The van der Waals surface area contributed by atoms with Crippen LogP contribution in [0.5, 0.6) is 5.75 Å². The summed E-state index contributed by atoms with van der Waals surface area (Å²) in [6.07, 6.45) is 0.538. The fourth-order valence-corrected chi connectivity index (χ4v) is 2.86. The Balaban J connectivity index is 1.97. The van der Waals surface area contributed by atoms with E-state index >= 15 is 0 Å². The standard InChI is InChI=1S/C19H28N2O3/c1-14-6-7-15(12-16(14)24-5)18(23)21-10-8-20(9-11-21)17(22)13-19(2,3)4/h6-7,12H,8-11,13H2,1-5H3. The Morgan fingerprint density at radius 1 is 1.08 bits per heavy atom. The molecule has 0 aliphatic carbocycles. The van der Waals surface area contributed by atoms with E-state index in [0.717, 1.165) is 11.3 Å². The minimum Gasteiger partial charge on any atom is -0.496 e. The van der Waals surface area contributed by atoms with Gasteiger partial charge in [0, 0.05) is 38.2 Å². The summed E-state index contributed by atoms with van der Waals surface area (Å²) in [5.74, 6) is 0.891. The minimum absolute atomic E-state index is 0.00350. The highest BCUT2D eigenvalue weighted by atomic mass is 16.5. The summed E-state index contributed by atoms with van der Waals surface area (Å²) in [6, 6.07) is 5.52. The van der Waals surface area contributed by atoms with E-state index in [0.29, 0.717) is 38.2 Å². The zero-order chi connectivity index (χ0) is 17.9. The normalized spacial score (nSPS) is 15.4. The summed E-state index contributed by atoms with van der Waals surface area (Å²) < 4.78 is 5.29. The van der Waals surface area contributed by atoms with Gasteiger partial charge in [-0.05, 0) is 30.0 Å². The Morgan fingerprint density at radius 2 is 1.67 bits per heavy atom. The smallest absolute Gasteiger partial charge is 0.254 e. The maximum Gasteiger partial charge on any atom is 0.254 e. The largest absolute Gasteiger partial charge is 0.496 e. The van der Waals surface area contributed by atoms with Gasteiger partial charge in [-0.25, -0.2) is 0 Å². The molecule has 1 saturated heterocycles. The fraction of sp³-hybridized carbons (Fsp3) is 0.579. The van der Waals surface area contributed by atoms with Crippen molar-refractivity contribution in [3.63, 3.8) is 0 Å². The fourth-order valence-electron chi connectivity index (χ4n) is 2.86. The molecule has 1 fully saturated rings. The highest BCUT2D eigenvalue weighted by molar-refractivity contribution is 5.95. The lowest BCUT2D eigenvalue weighted by molar-refractivity contribution is -0.134. The summed E-state index contributed by atoms with van der Waals surface area (Å²) in [5, 5.41) is 0. The lowest BCUT2D eigenvalue weighted by Crippen LogP contribution is -2.51. The molecule has 1 aromatic rings. The number of aryl methyl sites for hydroxylation is 1. The lowest BCUT2D eigenvalue weighted by Gasteiger charge is -2.36. The predicted octanol–water partition coefficient (Wildman–Crippen LogP) is 2.72. The van der Waals surface area contributed by atoms with Crippen molar-refractivity contribution in [1.82, 2.24) is 9.80 Å². The molecule has 2 rings (SSSR count). The average molecular weight is 332 g/mol. The number of benzene rings is 1. The average Bonchev–Trinajstić information content (AvgIpc) is 2.53. The van der Waals surface area contributed by atoms with E-state index in [1.165, 1.54) is 0 Å². The van der Waals surface area contributed by atoms with Crippen LogP contribution in [0.15, 0.2) is 18.2 Å². The van der Waals surface area contributed by atoms with Crippen LogP contribution in [0.2, 0.25) is 0 Å². The van der Waals surface area contributed by atoms with E-state index in [4.69, 9.17) is 4.74 Å². The van der Waals surface area contributed by atoms with Crippen molar-refractivity contribution in [2.75, 3.05) is 33.3 Å². The van der Waals surface area contributed by atoms with Crippen molar-refractivity contribution >= 4 is 11.8 Å². The molecule has 5 nitrogen and oxygen atoms in total. The van der Waals surface area contributed by atoms with Crippen LogP contribution in [0.3, 0.4) is 0 Å². The molecule has 2 amide bonds. The van der Waals surface area contributed by atoms with Crippen LogP contribution in [0.1, 0.15) is 43.1 Å². The molecule has 1 aromatic carbocycles. The van der Waals surface area contributed by atoms with Crippen molar-refractivity contribution in [3.8, 4) is 5.75 Å². The quantitative estimate of drug-likeness (QED) is 0.855. The van der Waals surface area contributed by atoms with Gasteiger partial charge in [0.1, 0.15) is 5.75 Å². The molecule has 5 heteroatoms. The number of piperazine rings is 1. The van der Waals surface area contributed by atoms with Crippen LogP contribution >= 0.6 is 0 Å². The SMILES string of the molecule is COc1cc(C(=O)N2CCN(C(=O)CC(C)(C)C)CC2)ccc1C. The van der Waals surface area contributed by atoms with Gasteiger partial charge in [-0.3, -0.25) is 9.59 Å². The van der Waals surface area contributed by atoms with Gasteiger partial charge < -0.3 is 14.5 Å². The molecule has 0 saturated carbocycles. The lowest BCUT2D eigenvalue weighted by atomic mass is 9.91. The second-order valence-electron chi connectivity index (χ2n) is 7.59. The van der Waals surface area contributed by atoms with Gasteiger partial charge in [0.2, 0.25) is 5.91 Å². The van der Waals surface area contributed by atoms with E-state index in [1.54, 1.807) is 13.2 Å². The molecule has 1 aliphatic heterocycles. The van der Waals surface area contributed by atoms with Crippen molar-refractivity contribution in [3.05, 3.63) is 29.3 Å². The van der Waals surface area contributed by atoms with Crippen LogP contribution in [-0.2, 0) is 4.79 Å². The molecular formula is C19H28N2O3. The van der Waals surface area contributed by atoms with Crippen LogP contribution in [-0.4, -0.2) is 54.9 Å². The van der Waals surface area contributed by atoms with Crippen molar-refractivity contribution in [2.45, 2.75) is 34.1 Å². The van der Waals surface area contributed by atoms with Gasteiger partial charge in [0.05, 0.1) is 7.11 Å². The van der Waals surface area contributed by atoms with E-state index in [9.17, 15) is 9.59 Å². The molecule has 0 atom stereocenters. The number of ether oxygens (including phenoxy) is 1. The third-order valence-electron chi connectivity index (χ3n) is 4.26. The molecular weight excluding hydrogens is 304 g/mol. The Hall–Kier alpha value is -2.04. The third-order valence-corrected chi connectivity index (χ3v) is 4.26. The maximum absolute atomic E-state index is 12.7. The second-order valence-corrected chi connectivity index (χ2v) is 7.59. The van der Waals surface area contributed by atoms with Crippen LogP contribution < -0.4 is 4.74 Å². The van der Waals surface area contributed by atoms with E-state index < -0.39 is 0 Å². The molecule has 24 heavy (non-hydrogen) atoms. The first kappa shape index (κ1) is 18.3. The number of nitrogens with zero attached hydrogens (tertiary/aromatic N) is 2. The number of hydrogen-bond acceptors (Lipinski definition) is 3. The number of carbonyl (C=O) groups is 2. The van der Waals surface area contributed by atoms with Crippen molar-refractivity contribution in [2.24, 2.45) is 5.41 Å². The Bertz CT molecular complexity index is 612. The Kier molecular flexibility index (Phi) is 5.52. The van der Waals surface area contributed by atoms with Gasteiger partial charge in [-0.1, -0.05) is 26.8 Å². The molecule has 0 aromatic heterocycles. The number of rotatable bonds is 3. The van der Waals surface area contributed by atoms with Crippen LogP contribution in [0.4, 0.5) is 0 Å². The topological polar surface area (TPSA) is 49.9 Å². The Morgan fingerprint density at radius 3 is 2.21 bits per heavy atom. The molecule has 1 heterocycles. The summed E-state index contributed by atoms with van der Waals surface area (Å²) in [4.78, 5) is 28.6. The zero-order valence-electron chi connectivity index (χ0n) is 15.4. The molecule has 0 spiro atoms. The summed E-state index contributed by atoms with van der Waals surface area (Å²) in [5.41, 5.74) is 1.63. The summed E-state index contributed by atoms with van der Waals surface area (Å²) in [7, 11) is 1.61. The highest BCUT2D eigenvalue weighted by Crippen LogP contribution is 2.22. The molecule has 0 N–H and O–H groups in total. The Labute approximate surface area is 144 Å². The number of carbonyl (C=O) groups excluding carboxylic acids is 2. The first-order chi connectivity index (χ1) is 11.2. The highest BCUT2D eigenvalue weighted by Gasteiger charge is 2.27. The monoisotopic (exact) mass is 332 g/mol. The van der Waals surface area contributed by atoms with E-state index in [1.807, 2.05) is 28.9 Å². The molecule has 0 unspecified atom stereocenters. The van der Waals surface area contributed by atoms with E-state index in [2.05, 4.69) is 20.8 Å². The number of hydrogen-bond donors (Lipinski definition) is 0. The summed E-state index contributed by atoms with van der Waals surface area (Å²) >= 11 is 0. The van der Waals surface area contributed by atoms with E-state index in [-0.39, 0.29) is 17.2 Å². The molecule has 0 radical (unpaired) electrons. The van der Waals surface area contributed by atoms with Crippen LogP contribution in [0, 0.1) is 12.3 Å². The zero-order valence-corrected chi connectivity index (χ0v) is 15.4. The first-order valence-corrected chi connectivity index (χ1v) is 8.43. The molecule has 1 aliphatic rings. The van der Waals surface area contributed by atoms with Crippen LogP contribution in [0.25, 0.3) is 0 Å². The third kappa shape index (κ3) is 4.49. The second kappa shape index (κ2) is 7.24. The van der Waals surface area contributed by atoms with Gasteiger partial charge in [-0.15, -0.1) is 0 Å². The van der Waals surface area contributed by atoms with Gasteiger partial charge in [0.15, 0.2) is 0 Å². The maximum atomic E-state index is 12.7. The number of methoxy groups -OCH3 is 1. The van der Waals surface area contributed by atoms with Gasteiger partial charge in [-0.2, -0.15) is 0 Å². The first-order valence-electron chi connectivity index (χ1n) is 8.43. The van der Waals surface area contributed by atoms with Crippen molar-refractivity contribution in [1.29, 1.82) is 0 Å². The number of amides is 2. The molecule has 132 valence electrons.